The maximum Gasteiger partial charge on any atom is 0.243 e. The van der Waals surface area contributed by atoms with E-state index in [0.717, 1.165) is 35.1 Å². The molecule has 21 heavy (non-hydrogen) atoms. The number of nitrogens with zero attached hydrogens (tertiary/aromatic N) is 1. The van der Waals surface area contributed by atoms with E-state index in [1.54, 1.807) is 4.31 Å². The Morgan fingerprint density at radius 2 is 1.48 bits per heavy atom. The summed E-state index contributed by atoms with van der Waals surface area (Å²) in [4.78, 5) is 0.491. The molecule has 1 fully saturated rings. The van der Waals surface area contributed by atoms with Gasteiger partial charge in [-0.3, -0.25) is 0 Å². The van der Waals surface area contributed by atoms with Crippen LogP contribution in [0.3, 0.4) is 0 Å². The average Bonchev–Trinajstić information content (AvgIpc) is 2.37. The predicted molar refractivity (Wildman–Crippen MR) is 88.6 cm³/mol. The van der Waals surface area contributed by atoms with Gasteiger partial charge in [-0.15, -0.1) is 12.4 Å². The summed E-state index contributed by atoms with van der Waals surface area (Å²) in [6.45, 7) is 8.76. The Morgan fingerprint density at radius 1 is 1.05 bits per heavy atom. The maximum atomic E-state index is 12.9. The zero-order valence-electron chi connectivity index (χ0n) is 13.1. The van der Waals surface area contributed by atoms with Gasteiger partial charge in [0.2, 0.25) is 10.0 Å². The van der Waals surface area contributed by atoms with Crippen molar-refractivity contribution in [2.75, 3.05) is 13.1 Å². The van der Waals surface area contributed by atoms with Gasteiger partial charge in [-0.2, -0.15) is 4.31 Å². The van der Waals surface area contributed by atoms with Gasteiger partial charge in [0.1, 0.15) is 0 Å². The van der Waals surface area contributed by atoms with Crippen molar-refractivity contribution >= 4 is 22.4 Å². The molecule has 1 saturated heterocycles. The second kappa shape index (κ2) is 6.65. The second-order valence-corrected chi connectivity index (χ2v) is 7.71. The van der Waals surface area contributed by atoms with Crippen LogP contribution in [0.15, 0.2) is 11.0 Å². The smallest absolute Gasteiger partial charge is 0.243 e. The predicted octanol–water partition coefficient (Wildman–Crippen LogP) is 2.45. The first-order chi connectivity index (χ1) is 9.25. The molecule has 6 heteroatoms. The van der Waals surface area contributed by atoms with E-state index in [1.807, 2.05) is 27.7 Å². The Labute approximate surface area is 134 Å². The highest BCUT2D eigenvalue weighted by molar-refractivity contribution is 7.89. The third-order valence-electron chi connectivity index (χ3n) is 4.39. The maximum absolute atomic E-state index is 12.9. The number of piperidine rings is 1. The molecule has 1 aliphatic rings. The third-order valence-corrected chi connectivity index (χ3v) is 6.57. The van der Waals surface area contributed by atoms with Crippen LogP contribution in [0, 0.1) is 27.7 Å². The van der Waals surface area contributed by atoms with Gasteiger partial charge >= 0.3 is 0 Å². The summed E-state index contributed by atoms with van der Waals surface area (Å²) in [6, 6.07) is 2.18. The Hall–Kier alpha value is -0.620. The van der Waals surface area contributed by atoms with Crippen LogP contribution in [-0.4, -0.2) is 31.9 Å². The molecule has 0 unspecified atom stereocenters. The van der Waals surface area contributed by atoms with Gasteiger partial charge in [-0.25, -0.2) is 8.42 Å². The van der Waals surface area contributed by atoms with Crippen molar-refractivity contribution in [2.45, 2.75) is 51.5 Å². The average molecular weight is 333 g/mol. The summed E-state index contributed by atoms with van der Waals surface area (Å²) in [5, 5.41) is 0. The lowest BCUT2D eigenvalue weighted by Crippen LogP contribution is -2.43. The molecular weight excluding hydrogens is 308 g/mol. The Kier molecular flexibility index (Phi) is 5.83. The van der Waals surface area contributed by atoms with Crippen LogP contribution in [-0.2, 0) is 10.0 Å². The zero-order valence-corrected chi connectivity index (χ0v) is 14.8. The van der Waals surface area contributed by atoms with Crippen molar-refractivity contribution in [3.63, 3.8) is 0 Å². The van der Waals surface area contributed by atoms with Crippen molar-refractivity contribution < 1.29 is 8.42 Å². The monoisotopic (exact) mass is 332 g/mol. The Bertz CT molecular complexity index is 595. The molecular formula is C15H25ClN2O2S. The first kappa shape index (κ1) is 18.4. The lowest BCUT2D eigenvalue weighted by molar-refractivity contribution is 0.319. The largest absolute Gasteiger partial charge is 0.328 e. The highest BCUT2D eigenvalue weighted by Crippen LogP contribution is 2.29. The summed E-state index contributed by atoms with van der Waals surface area (Å²) in [5.41, 5.74) is 9.65. The third kappa shape index (κ3) is 3.42. The fourth-order valence-corrected chi connectivity index (χ4v) is 4.86. The number of sulfonamides is 1. The second-order valence-electron chi connectivity index (χ2n) is 5.83. The van der Waals surface area contributed by atoms with Crippen molar-refractivity contribution in [1.82, 2.24) is 4.31 Å². The van der Waals surface area contributed by atoms with E-state index in [4.69, 9.17) is 5.73 Å². The quantitative estimate of drug-likeness (QED) is 0.904. The molecule has 1 heterocycles. The van der Waals surface area contributed by atoms with E-state index in [-0.39, 0.29) is 18.4 Å². The fourth-order valence-electron chi connectivity index (χ4n) is 2.81. The van der Waals surface area contributed by atoms with Gasteiger partial charge < -0.3 is 5.73 Å². The van der Waals surface area contributed by atoms with Gasteiger partial charge in [-0.1, -0.05) is 6.07 Å². The first-order valence-corrected chi connectivity index (χ1v) is 8.52. The molecule has 0 atom stereocenters. The first-order valence-electron chi connectivity index (χ1n) is 7.08. The van der Waals surface area contributed by atoms with Crippen LogP contribution in [0.5, 0.6) is 0 Å². The molecule has 0 bridgehead atoms. The van der Waals surface area contributed by atoms with E-state index in [2.05, 4.69) is 6.07 Å². The van der Waals surface area contributed by atoms with Crippen LogP contribution in [0.25, 0.3) is 0 Å². The molecule has 1 aromatic carbocycles. The lowest BCUT2D eigenvalue weighted by atomic mass is 10.0. The molecule has 0 aliphatic carbocycles. The van der Waals surface area contributed by atoms with E-state index < -0.39 is 10.0 Å². The van der Waals surface area contributed by atoms with Crippen LogP contribution < -0.4 is 5.73 Å². The highest BCUT2D eigenvalue weighted by atomic mass is 35.5. The number of halogens is 1. The molecule has 2 rings (SSSR count). The molecule has 1 aromatic rings. The van der Waals surface area contributed by atoms with Gasteiger partial charge in [0, 0.05) is 19.1 Å². The summed E-state index contributed by atoms with van der Waals surface area (Å²) in [7, 11) is -3.41. The SMILES string of the molecule is Cc1cc(C)c(C)c(S(=O)(=O)N2CCC(N)CC2)c1C.Cl. The number of hydrogen-bond acceptors (Lipinski definition) is 3. The van der Waals surface area contributed by atoms with E-state index in [9.17, 15) is 8.42 Å². The normalized spacial score (nSPS) is 17.6. The topological polar surface area (TPSA) is 63.4 Å². The summed E-state index contributed by atoms with van der Waals surface area (Å²) >= 11 is 0. The molecule has 0 spiro atoms. The Balaban J connectivity index is 0.00000220. The molecule has 0 aromatic heterocycles. The van der Waals surface area contributed by atoms with Gasteiger partial charge in [0.05, 0.1) is 4.90 Å². The number of rotatable bonds is 2. The minimum Gasteiger partial charge on any atom is -0.328 e. The van der Waals surface area contributed by atoms with Crippen molar-refractivity contribution in [1.29, 1.82) is 0 Å². The lowest BCUT2D eigenvalue weighted by Gasteiger charge is -2.30. The highest BCUT2D eigenvalue weighted by Gasteiger charge is 2.31. The van der Waals surface area contributed by atoms with Crippen molar-refractivity contribution in [3.05, 3.63) is 28.3 Å². The fraction of sp³-hybridized carbons (Fsp3) is 0.600. The Morgan fingerprint density at radius 3 is 1.90 bits per heavy atom. The van der Waals surface area contributed by atoms with E-state index in [1.165, 1.54) is 0 Å². The molecule has 0 radical (unpaired) electrons. The van der Waals surface area contributed by atoms with Gasteiger partial charge in [0.25, 0.3) is 0 Å². The number of hydrogen-bond donors (Lipinski definition) is 1. The molecule has 0 saturated carbocycles. The summed E-state index contributed by atoms with van der Waals surface area (Å²) in [6.07, 6.45) is 1.48. The van der Waals surface area contributed by atoms with Crippen molar-refractivity contribution in [3.8, 4) is 0 Å². The van der Waals surface area contributed by atoms with Gasteiger partial charge in [-0.05, 0) is 62.8 Å². The van der Waals surface area contributed by atoms with Crippen LogP contribution >= 0.6 is 12.4 Å². The van der Waals surface area contributed by atoms with Crippen LogP contribution in [0.2, 0.25) is 0 Å². The van der Waals surface area contributed by atoms with Crippen molar-refractivity contribution in [2.24, 2.45) is 5.73 Å². The molecule has 0 amide bonds. The number of aryl methyl sites for hydroxylation is 2. The number of nitrogens with two attached hydrogens (primary N) is 1. The minimum atomic E-state index is -3.41. The zero-order chi connectivity index (χ0) is 15.1. The summed E-state index contributed by atoms with van der Waals surface area (Å²) in [5.74, 6) is 0. The summed E-state index contributed by atoms with van der Waals surface area (Å²) < 4.78 is 27.4. The minimum absolute atomic E-state index is 0. The number of benzene rings is 1. The molecule has 2 N–H and O–H groups in total. The van der Waals surface area contributed by atoms with E-state index in [0.29, 0.717) is 18.0 Å². The standard InChI is InChI=1S/C15H24N2O2S.ClH/c1-10-9-11(2)13(4)15(12(10)3)20(18,19)17-7-5-14(16)6-8-17;/h9,14H,5-8,16H2,1-4H3;1H. The molecule has 120 valence electrons. The molecule has 1 aliphatic heterocycles. The molecule has 4 nitrogen and oxygen atoms in total. The van der Waals surface area contributed by atoms with Crippen LogP contribution in [0.4, 0.5) is 0 Å². The van der Waals surface area contributed by atoms with Gasteiger partial charge in [0.15, 0.2) is 0 Å². The van der Waals surface area contributed by atoms with Crippen LogP contribution in [0.1, 0.15) is 35.1 Å². The van der Waals surface area contributed by atoms with E-state index >= 15 is 0 Å².